The molecule has 0 bridgehead atoms. The zero-order valence-electron chi connectivity index (χ0n) is 13.8. The largest absolute Gasteiger partial charge is 0.265 e. The molecular formula is C15H20N8. The smallest absolute Gasteiger partial charge is 0.261 e. The van der Waals surface area contributed by atoms with E-state index >= 15 is 0 Å². The SMILES string of the molecule is C=CCN1NC(n2nc(C)cc2C)=NN=C1n1nc(C)cc1C. The molecule has 0 atom stereocenters. The highest BCUT2D eigenvalue weighted by molar-refractivity contribution is 5.91. The maximum absolute atomic E-state index is 4.46. The molecule has 2 aromatic heterocycles. The standard InChI is InChI=1S/C15H20N8/c1-6-7-21-15(23-13(5)9-11(3)19-23)17-16-14(20-21)22-12(4)8-10(2)18-22/h6,8-9H,1,7H2,2-5H3,(H,16,20). The molecule has 8 nitrogen and oxygen atoms in total. The topological polar surface area (TPSA) is 75.6 Å². The summed E-state index contributed by atoms with van der Waals surface area (Å²) in [6.45, 7) is 12.2. The summed E-state index contributed by atoms with van der Waals surface area (Å²) in [5, 5.41) is 19.3. The normalized spacial score (nSPS) is 14.3. The molecule has 0 aromatic carbocycles. The van der Waals surface area contributed by atoms with Crippen molar-refractivity contribution >= 4 is 11.9 Å². The summed E-state index contributed by atoms with van der Waals surface area (Å²) in [4.78, 5) is 0. The molecular weight excluding hydrogens is 292 g/mol. The van der Waals surface area contributed by atoms with Crippen LogP contribution in [0.4, 0.5) is 0 Å². The zero-order valence-corrected chi connectivity index (χ0v) is 13.8. The molecule has 120 valence electrons. The molecule has 0 amide bonds. The van der Waals surface area contributed by atoms with Gasteiger partial charge in [-0.05, 0) is 39.8 Å². The van der Waals surface area contributed by atoms with Gasteiger partial charge in [0.1, 0.15) is 0 Å². The fourth-order valence-corrected chi connectivity index (χ4v) is 2.52. The number of nitrogens with one attached hydrogen (secondary N) is 1. The van der Waals surface area contributed by atoms with Crippen molar-refractivity contribution in [3.8, 4) is 0 Å². The average molecular weight is 312 g/mol. The molecule has 23 heavy (non-hydrogen) atoms. The van der Waals surface area contributed by atoms with Gasteiger partial charge < -0.3 is 0 Å². The molecule has 0 fully saturated rings. The number of rotatable bonds is 2. The van der Waals surface area contributed by atoms with Crippen LogP contribution < -0.4 is 5.43 Å². The van der Waals surface area contributed by atoms with Crippen molar-refractivity contribution in [2.24, 2.45) is 10.2 Å². The second-order valence-electron chi connectivity index (χ2n) is 5.51. The van der Waals surface area contributed by atoms with E-state index in [1.54, 1.807) is 15.4 Å². The molecule has 0 saturated carbocycles. The Bertz CT molecular complexity index is 808. The van der Waals surface area contributed by atoms with Gasteiger partial charge in [-0.15, -0.1) is 16.8 Å². The minimum atomic E-state index is 0.544. The first-order valence-electron chi connectivity index (χ1n) is 7.37. The fourth-order valence-electron chi connectivity index (χ4n) is 2.52. The summed E-state index contributed by atoms with van der Waals surface area (Å²) < 4.78 is 3.49. The van der Waals surface area contributed by atoms with Gasteiger partial charge in [0.15, 0.2) is 0 Å². The van der Waals surface area contributed by atoms with Crippen molar-refractivity contribution in [1.82, 2.24) is 30.0 Å². The number of aryl methyl sites for hydroxylation is 4. The highest BCUT2D eigenvalue weighted by atomic mass is 15.7. The molecule has 0 unspecified atom stereocenters. The Kier molecular flexibility index (Phi) is 3.73. The predicted octanol–water partition coefficient (Wildman–Crippen LogP) is 1.34. The van der Waals surface area contributed by atoms with Gasteiger partial charge in [-0.25, -0.2) is 14.4 Å². The van der Waals surface area contributed by atoms with Gasteiger partial charge in [0.05, 0.1) is 17.9 Å². The first-order valence-corrected chi connectivity index (χ1v) is 7.37. The van der Waals surface area contributed by atoms with Crippen LogP contribution in [-0.2, 0) is 0 Å². The third kappa shape index (κ3) is 2.75. The molecule has 8 heteroatoms. The fraction of sp³-hybridized carbons (Fsp3) is 0.333. The van der Waals surface area contributed by atoms with Gasteiger partial charge in [-0.3, -0.25) is 5.43 Å². The summed E-state index contributed by atoms with van der Waals surface area (Å²) in [7, 11) is 0. The lowest BCUT2D eigenvalue weighted by Crippen LogP contribution is -2.53. The van der Waals surface area contributed by atoms with E-state index in [1.165, 1.54) is 0 Å². The number of aromatic nitrogens is 4. The minimum Gasteiger partial charge on any atom is -0.261 e. The summed E-state index contributed by atoms with van der Waals surface area (Å²) in [5.74, 6) is 1.14. The molecule has 1 aliphatic rings. The molecule has 1 aliphatic heterocycles. The van der Waals surface area contributed by atoms with Gasteiger partial charge in [-0.2, -0.15) is 10.2 Å². The van der Waals surface area contributed by atoms with Crippen LogP contribution in [0.3, 0.4) is 0 Å². The minimum absolute atomic E-state index is 0.544. The Morgan fingerprint density at radius 2 is 1.61 bits per heavy atom. The van der Waals surface area contributed by atoms with Crippen LogP contribution in [0.2, 0.25) is 0 Å². The van der Waals surface area contributed by atoms with Crippen molar-refractivity contribution in [3.63, 3.8) is 0 Å². The average Bonchev–Trinajstić information content (AvgIpc) is 3.00. The number of hydrogen-bond donors (Lipinski definition) is 1. The maximum atomic E-state index is 4.46. The van der Waals surface area contributed by atoms with Crippen LogP contribution in [0.15, 0.2) is 35.0 Å². The maximum Gasteiger partial charge on any atom is 0.265 e. The van der Waals surface area contributed by atoms with Crippen LogP contribution in [-0.4, -0.2) is 43.0 Å². The van der Waals surface area contributed by atoms with Crippen LogP contribution in [0, 0.1) is 27.7 Å². The molecule has 0 radical (unpaired) electrons. The predicted molar refractivity (Wildman–Crippen MR) is 89.1 cm³/mol. The van der Waals surface area contributed by atoms with E-state index in [4.69, 9.17) is 0 Å². The monoisotopic (exact) mass is 312 g/mol. The highest BCUT2D eigenvalue weighted by Gasteiger charge is 2.23. The Morgan fingerprint density at radius 1 is 1.00 bits per heavy atom. The van der Waals surface area contributed by atoms with E-state index < -0.39 is 0 Å². The number of hydrogen-bond acceptors (Lipinski definition) is 6. The highest BCUT2D eigenvalue weighted by Crippen LogP contribution is 2.09. The lowest BCUT2D eigenvalue weighted by molar-refractivity contribution is 0.377. The third-order valence-electron chi connectivity index (χ3n) is 3.43. The summed E-state index contributed by atoms with van der Waals surface area (Å²) in [6, 6.07) is 3.98. The first kappa shape index (κ1) is 15.0. The summed E-state index contributed by atoms with van der Waals surface area (Å²) in [6.07, 6.45) is 1.79. The van der Waals surface area contributed by atoms with Gasteiger partial charge in [0.2, 0.25) is 0 Å². The molecule has 3 heterocycles. The Balaban J connectivity index is 2.03. The van der Waals surface area contributed by atoms with Crippen LogP contribution in [0.5, 0.6) is 0 Å². The van der Waals surface area contributed by atoms with E-state index in [0.717, 1.165) is 22.8 Å². The molecule has 0 saturated heterocycles. The number of nitrogens with zero attached hydrogens (tertiary/aromatic N) is 7. The molecule has 1 N–H and O–H groups in total. The van der Waals surface area contributed by atoms with Crippen LogP contribution in [0.25, 0.3) is 0 Å². The van der Waals surface area contributed by atoms with Crippen LogP contribution in [0.1, 0.15) is 22.8 Å². The van der Waals surface area contributed by atoms with Gasteiger partial charge in [0, 0.05) is 11.4 Å². The lowest BCUT2D eigenvalue weighted by atomic mass is 10.4. The second-order valence-corrected chi connectivity index (χ2v) is 5.51. The van der Waals surface area contributed by atoms with Gasteiger partial charge in [0.25, 0.3) is 11.9 Å². The lowest BCUT2D eigenvalue weighted by Gasteiger charge is -2.28. The summed E-state index contributed by atoms with van der Waals surface area (Å²) in [5.41, 5.74) is 7.06. The van der Waals surface area contributed by atoms with Crippen molar-refractivity contribution in [3.05, 3.63) is 47.6 Å². The second kappa shape index (κ2) is 5.71. The Labute approximate surface area is 134 Å². The van der Waals surface area contributed by atoms with E-state index in [9.17, 15) is 0 Å². The molecule has 0 aliphatic carbocycles. The van der Waals surface area contributed by atoms with Gasteiger partial charge in [-0.1, -0.05) is 6.08 Å². The van der Waals surface area contributed by atoms with E-state index in [-0.39, 0.29) is 0 Å². The molecule has 3 rings (SSSR count). The quantitative estimate of drug-likeness (QED) is 0.849. The van der Waals surface area contributed by atoms with Crippen molar-refractivity contribution in [2.45, 2.75) is 27.7 Å². The van der Waals surface area contributed by atoms with Gasteiger partial charge >= 0.3 is 0 Å². The first-order chi connectivity index (χ1) is 11.0. The molecule has 2 aromatic rings. The summed E-state index contributed by atoms with van der Waals surface area (Å²) >= 11 is 0. The molecule has 0 spiro atoms. The van der Waals surface area contributed by atoms with Crippen LogP contribution >= 0.6 is 0 Å². The van der Waals surface area contributed by atoms with Crippen molar-refractivity contribution in [1.29, 1.82) is 0 Å². The number of hydrazine groups is 1. The van der Waals surface area contributed by atoms with E-state index in [1.807, 2.05) is 44.8 Å². The Hall–Kier alpha value is -2.90. The van der Waals surface area contributed by atoms with Crippen molar-refractivity contribution < 1.29 is 0 Å². The van der Waals surface area contributed by atoms with E-state index in [0.29, 0.717) is 18.5 Å². The zero-order chi connectivity index (χ0) is 16.6. The van der Waals surface area contributed by atoms with E-state index in [2.05, 4.69) is 32.4 Å². The van der Waals surface area contributed by atoms with Crippen molar-refractivity contribution in [2.75, 3.05) is 6.54 Å². The third-order valence-corrected chi connectivity index (χ3v) is 3.43. The Morgan fingerprint density at radius 3 is 2.13 bits per heavy atom.